The number of hydrogen-bond donors (Lipinski definition) is 2. The number of nitrogens with zero attached hydrogens (tertiary/aromatic N) is 1. The molecule has 0 aliphatic carbocycles. The number of thiazole rings is 1. The molecule has 0 saturated heterocycles. The monoisotopic (exact) mass is 291 g/mol. The van der Waals surface area contributed by atoms with E-state index in [2.05, 4.69) is 33.2 Å². The van der Waals surface area contributed by atoms with E-state index in [1.54, 1.807) is 6.20 Å². The molecule has 0 radical (unpaired) electrons. The highest BCUT2D eigenvalue weighted by molar-refractivity contribution is 9.11. The second-order valence-electron chi connectivity index (χ2n) is 3.21. The lowest BCUT2D eigenvalue weighted by Gasteiger charge is -2.09. The van der Waals surface area contributed by atoms with Gasteiger partial charge in [-0.3, -0.25) is 4.79 Å². The third-order valence-corrected chi connectivity index (χ3v) is 3.30. The first-order chi connectivity index (χ1) is 7.13. The van der Waals surface area contributed by atoms with E-state index in [-0.39, 0.29) is 5.91 Å². The van der Waals surface area contributed by atoms with Gasteiger partial charge in [0.2, 0.25) is 5.91 Å². The van der Waals surface area contributed by atoms with Gasteiger partial charge in [-0.25, -0.2) is 4.98 Å². The Morgan fingerprint density at radius 3 is 3.07 bits per heavy atom. The molecule has 0 unspecified atom stereocenters. The third kappa shape index (κ3) is 4.27. The van der Waals surface area contributed by atoms with Gasteiger partial charge in [0.25, 0.3) is 0 Å². The van der Waals surface area contributed by atoms with Crippen LogP contribution in [-0.4, -0.2) is 16.9 Å². The standard InChI is InChI=1S/C9H14BrN3OS/c1-2-3-4-6(11)8(14)13-9-12-5-7(10)15-9/h5-6H,2-4,11H2,1H3,(H,12,13,14)/t6-/m0/s1. The average molecular weight is 292 g/mol. The van der Waals surface area contributed by atoms with E-state index in [9.17, 15) is 4.79 Å². The number of rotatable bonds is 5. The number of carbonyl (C=O) groups excluding carboxylic acids is 1. The molecule has 0 bridgehead atoms. The largest absolute Gasteiger partial charge is 0.320 e. The van der Waals surface area contributed by atoms with Crippen LogP contribution < -0.4 is 11.1 Å². The molecule has 15 heavy (non-hydrogen) atoms. The van der Waals surface area contributed by atoms with Crippen LogP contribution in [-0.2, 0) is 4.79 Å². The molecule has 84 valence electrons. The highest BCUT2D eigenvalue weighted by atomic mass is 79.9. The van der Waals surface area contributed by atoms with Gasteiger partial charge >= 0.3 is 0 Å². The Kier molecular flexibility index (Phi) is 5.21. The van der Waals surface area contributed by atoms with Crippen molar-refractivity contribution in [2.24, 2.45) is 5.73 Å². The molecular weight excluding hydrogens is 278 g/mol. The fourth-order valence-electron chi connectivity index (χ4n) is 1.07. The van der Waals surface area contributed by atoms with Gasteiger partial charge in [0.1, 0.15) is 0 Å². The Morgan fingerprint density at radius 1 is 1.80 bits per heavy atom. The first-order valence-corrected chi connectivity index (χ1v) is 6.42. The number of anilines is 1. The van der Waals surface area contributed by atoms with Crippen molar-refractivity contribution in [3.63, 3.8) is 0 Å². The molecule has 1 aromatic heterocycles. The predicted octanol–water partition coefficient (Wildman–Crippen LogP) is 2.36. The number of nitrogens with one attached hydrogen (secondary N) is 1. The van der Waals surface area contributed by atoms with E-state index in [4.69, 9.17) is 5.73 Å². The van der Waals surface area contributed by atoms with Crippen molar-refractivity contribution < 1.29 is 4.79 Å². The molecule has 0 fully saturated rings. The second kappa shape index (κ2) is 6.19. The van der Waals surface area contributed by atoms with E-state index in [1.807, 2.05) is 0 Å². The van der Waals surface area contributed by atoms with Crippen LogP contribution in [0.4, 0.5) is 5.13 Å². The van der Waals surface area contributed by atoms with Crippen LogP contribution in [0.1, 0.15) is 26.2 Å². The first-order valence-electron chi connectivity index (χ1n) is 4.81. The van der Waals surface area contributed by atoms with Crippen LogP contribution in [0.15, 0.2) is 9.98 Å². The molecule has 1 aromatic rings. The molecule has 1 rings (SSSR count). The molecule has 0 aliphatic rings. The summed E-state index contributed by atoms with van der Waals surface area (Å²) < 4.78 is 0.889. The third-order valence-electron chi connectivity index (χ3n) is 1.91. The number of unbranched alkanes of at least 4 members (excludes halogenated alkanes) is 1. The fraction of sp³-hybridized carbons (Fsp3) is 0.556. The van der Waals surface area contributed by atoms with Gasteiger partial charge in [-0.15, -0.1) is 0 Å². The highest BCUT2D eigenvalue weighted by Gasteiger charge is 2.14. The number of nitrogens with two attached hydrogens (primary N) is 1. The zero-order valence-corrected chi connectivity index (χ0v) is 10.9. The number of halogens is 1. The summed E-state index contributed by atoms with van der Waals surface area (Å²) in [5.74, 6) is -0.162. The summed E-state index contributed by atoms with van der Waals surface area (Å²) in [6.07, 6.45) is 4.38. The van der Waals surface area contributed by atoms with E-state index in [0.717, 1.165) is 23.0 Å². The molecule has 6 heteroatoms. The summed E-state index contributed by atoms with van der Waals surface area (Å²) >= 11 is 4.65. The lowest BCUT2D eigenvalue weighted by molar-refractivity contribution is -0.117. The number of hydrogen-bond acceptors (Lipinski definition) is 4. The SMILES string of the molecule is CCCC[C@H](N)C(=O)Nc1ncc(Br)s1. The number of amides is 1. The topological polar surface area (TPSA) is 68.0 Å². The minimum atomic E-state index is -0.437. The van der Waals surface area contributed by atoms with Gasteiger partial charge in [0.05, 0.1) is 16.0 Å². The van der Waals surface area contributed by atoms with E-state index in [1.165, 1.54) is 11.3 Å². The summed E-state index contributed by atoms with van der Waals surface area (Å²) in [5, 5.41) is 3.27. The quantitative estimate of drug-likeness (QED) is 0.875. The summed E-state index contributed by atoms with van der Waals surface area (Å²) in [6.45, 7) is 2.07. The maximum Gasteiger partial charge on any atom is 0.243 e. The first kappa shape index (κ1) is 12.6. The minimum absolute atomic E-state index is 0.162. The smallest absolute Gasteiger partial charge is 0.243 e. The Labute approximate surface area is 101 Å². The minimum Gasteiger partial charge on any atom is -0.320 e. The van der Waals surface area contributed by atoms with Crippen LogP contribution >= 0.6 is 27.3 Å². The van der Waals surface area contributed by atoms with E-state index in [0.29, 0.717) is 5.13 Å². The Hall–Kier alpha value is -0.460. The molecule has 1 heterocycles. The predicted molar refractivity (Wildman–Crippen MR) is 65.9 cm³/mol. The number of aromatic nitrogens is 1. The molecule has 3 N–H and O–H groups in total. The van der Waals surface area contributed by atoms with Crippen molar-refractivity contribution in [1.29, 1.82) is 0 Å². The summed E-state index contributed by atoms with van der Waals surface area (Å²) in [4.78, 5) is 15.5. The fourth-order valence-corrected chi connectivity index (χ4v) is 2.17. The van der Waals surface area contributed by atoms with Crippen LogP contribution in [0, 0.1) is 0 Å². The Balaban J connectivity index is 2.41. The maximum absolute atomic E-state index is 11.5. The summed E-state index contributed by atoms with van der Waals surface area (Å²) in [6, 6.07) is -0.437. The molecule has 1 atom stereocenters. The Bertz CT molecular complexity index is 329. The van der Waals surface area contributed by atoms with E-state index >= 15 is 0 Å². The van der Waals surface area contributed by atoms with Gasteiger partial charge < -0.3 is 11.1 Å². The van der Waals surface area contributed by atoms with Crippen molar-refractivity contribution >= 4 is 38.3 Å². The van der Waals surface area contributed by atoms with Crippen molar-refractivity contribution in [2.45, 2.75) is 32.2 Å². The lowest BCUT2D eigenvalue weighted by atomic mass is 10.1. The van der Waals surface area contributed by atoms with Crippen molar-refractivity contribution in [3.8, 4) is 0 Å². The number of carbonyl (C=O) groups is 1. The lowest BCUT2D eigenvalue weighted by Crippen LogP contribution is -2.35. The Morgan fingerprint density at radius 2 is 2.53 bits per heavy atom. The van der Waals surface area contributed by atoms with E-state index < -0.39 is 6.04 Å². The normalized spacial score (nSPS) is 12.5. The summed E-state index contributed by atoms with van der Waals surface area (Å²) in [5.41, 5.74) is 5.71. The van der Waals surface area contributed by atoms with Crippen molar-refractivity contribution in [2.75, 3.05) is 5.32 Å². The zero-order chi connectivity index (χ0) is 11.3. The summed E-state index contributed by atoms with van der Waals surface area (Å²) in [7, 11) is 0. The second-order valence-corrected chi connectivity index (χ2v) is 5.62. The van der Waals surface area contributed by atoms with Crippen LogP contribution in [0.25, 0.3) is 0 Å². The van der Waals surface area contributed by atoms with Crippen LogP contribution in [0.3, 0.4) is 0 Å². The molecule has 4 nitrogen and oxygen atoms in total. The zero-order valence-electron chi connectivity index (χ0n) is 8.50. The molecule has 0 spiro atoms. The highest BCUT2D eigenvalue weighted by Crippen LogP contribution is 2.23. The average Bonchev–Trinajstić information content (AvgIpc) is 2.60. The van der Waals surface area contributed by atoms with Crippen LogP contribution in [0.2, 0.25) is 0 Å². The van der Waals surface area contributed by atoms with Crippen molar-refractivity contribution in [1.82, 2.24) is 4.98 Å². The van der Waals surface area contributed by atoms with Crippen molar-refractivity contribution in [3.05, 3.63) is 9.98 Å². The molecular formula is C9H14BrN3OS. The van der Waals surface area contributed by atoms with Gasteiger partial charge in [0, 0.05) is 0 Å². The maximum atomic E-state index is 11.5. The molecule has 0 saturated carbocycles. The molecule has 1 amide bonds. The van der Waals surface area contributed by atoms with Crippen LogP contribution in [0.5, 0.6) is 0 Å². The van der Waals surface area contributed by atoms with Gasteiger partial charge in [-0.1, -0.05) is 31.1 Å². The molecule has 0 aliphatic heterocycles. The van der Waals surface area contributed by atoms with Gasteiger partial charge in [-0.2, -0.15) is 0 Å². The molecule has 0 aromatic carbocycles. The van der Waals surface area contributed by atoms with Gasteiger partial charge in [-0.05, 0) is 22.4 Å². The van der Waals surface area contributed by atoms with Gasteiger partial charge in [0.15, 0.2) is 5.13 Å².